The number of hydrogen-bond acceptors (Lipinski definition) is 4. The Kier molecular flexibility index (Phi) is 2.90. The smallest absolute Gasteiger partial charge is 0.368 e. The zero-order chi connectivity index (χ0) is 13.3. The Morgan fingerprint density at radius 3 is 2.56 bits per heavy atom. The highest BCUT2D eigenvalue weighted by molar-refractivity contribution is 5.88. The molecule has 0 spiro atoms. The fourth-order valence-corrected chi connectivity index (χ4v) is 1.61. The second-order valence-corrected chi connectivity index (χ2v) is 4.98. The monoisotopic (exact) mass is 246 g/mol. The van der Waals surface area contributed by atoms with E-state index in [4.69, 9.17) is 4.74 Å². The van der Waals surface area contributed by atoms with Crippen LogP contribution >= 0.6 is 0 Å². The molecular weight excluding hydrogens is 232 g/mol. The number of ether oxygens (including phenoxy) is 1. The Morgan fingerprint density at radius 2 is 1.94 bits per heavy atom. The van der Waals surface area contributed by atoms with Crippen LogP contribution in [0, 0.1) is 10.1 Å². The maximum absolute atomic E-state index is 10.8. The fraction of sp³-hybridized carbons (Fsp3) is 0.308. The predicted molar refractivity (Wildman–Crippen MR) is 68.8 cm³/mol. The zero-order valence-corrected chi connectivity index (χ0v) is 10.5. The molecule has 0 unspecified atom stereocenters. The minimum Gasteiger partial charge on any atom is -0.453 e. The van der Waals surface area contributed by atoms with Crippen molar-refractivity contribution in [2.24, 2.45) is 0 Å². The van der Waals surface area contributed by atoms with Gasteiger partial charge in [-0.05, 0) is 37.1 Å². The summed E-state index contributed by atoms with van der Waals surface area (Å²) in [6.45, 7) is 5.63. The molecule has 18 heavy (non-hydrogen) atoms. The standard InChI is InChI=1S/C13H14N2O3/c1-13(2,3)18-12-10-7-5-4-6-9(10)8-11(14-12)15(16)17/h4-8H,1-3H3. The summed E-state index contributed by atoms with van der Waals surface area (Å²) in [5, 5.41) is 12.4. The highest BCUT2D eigenvalue weighted by Crippen LogP contribution is 2.29. The Bertz CT molecular complexity index is 603. The summed E-state index contributed by atoms with van der Waals surface area (Å²) in [5.41, 5.74) is -0.453. The van der Waals surface area contributed by atoms with Crippen LogP contribution in [-0.4, -0.2) is 15.5 Å². The van der Waals surface area contributed by atoms with Crippen LogP contribution < -0.4 is 4.74 Å². The Morgan fingerprint density at radius 1 is 1.28 bits per heavy atom. The third-order valence-electron chi connectivity index (χ3n) is 2.28. The van der Waals surface area contributed by atoms with Crippen molar-refractivity contribution in [1.29, 1.82) is 0 Å². The maximum atomic E-state index is 10.8. The average molecular weight is 246 g/mol. The molecule has 0 saturated carbocycles. The Labute approximate surface area is 105 Å². The van der Waals surface area contributed by atoms with E-state index in [0.717, 1.165) is 10.8 Å². The minimum absolute atomic E-state index is 0.201. The largest absolute Gasteiger partial charge is 0.453 e. The van der Waals surface area contributed by atoms with Gasteiger partial charge >= 0.3 is 11.7 Å². The lowest BCUT2D eigenvalue weighted by atomic mass is 10.1. The van der Waals surface area contributed by atoms with Crippen LogP contribution in [0.2, 0.25) is 0 Å². The number of pyridine rings is 1. The average Bonchev–Trinajstić information content (AvgIpc) is 2.26. The van der Waals surface area contributed by atoms with E-state index in [2.05, 4.69) is 4.98 Å². The Balaban J connectivity index is 2.64. The van der Waals surface area contributed by atoms with E-state index in [1.165, 1.54) is 6.07 Å². The summed E-state index contributed by atoms with van der Waals surface area (Å²) in [6.07, 6.45) is 0. The summed E-state index contributed by atoms with van der Waals surface area (Å²) >= 11 is 0. The second-order valence-electron chi connectivity index (χ2n) is 4.98. The predicted octanol–water partition coefficient (Wildman–Crippen LogP) is 3.32. The summed E-state index contributed by atoms with van der Waals surface area (Å²) in [7, 11) is 0. The Hall–Kier alpha value is -2.17. The summed E-state index contributed by atoms with van der Waals surface area (Å²) < 4.78 is 5.69. The van der Waals surface area contributed by atoms with E-state index in [9.17, 15) is 10.1 Å². The van der Waals surface area contributed by atoms with Gasteiger partial charge in [0.15, 0.2) is 0 Å². The molecule has 1 aromatic carbocycles. The van der Waals surface area contributed by atoms with Crippen molar-refractivity contribution in [3.63, 3.8) is 0 Å². The van der Waals surface area contributed by atoms with E-state index in [-0.39, 0.29) is 5.82 Å². The van der Waals surface area contributed by atoms with Crippen molar-refractivity contribution in [1.82, 2.24) is 4.98 Å². The van der Waals surface area contributed by atoms with Gasteiger partial charge in [-0.3, -0.25) is 0 Å². The molecule has 0 saturated heterocycles. The van der Waals surface area contributed by atoms with Gasteiger partial charge < -0.3 is 14.9 Å². The van der Waals surface area contributed by atoms with E-state index in [1.54, 1.807) is 6.07 Å². The van der Waals surface area contributed by atoms with Gasteiger partial charge in [-0.2, -0.15) is 0 Å². The van der Waals surface area contributed by atoms with Crippen molar-refractivity contribution in [3.8, 4) is 5.88 Å². The van der Waals surface area contributed by atoms with Crippen molar-refractivity contribution in [2.75, 3.05) is 0 Å². The van der Waals surface area contributed by atoms with Crippen LogP contribution in [0.25, 0.3) is 10.8 Å². The van der Waals surface area contributed by atoms with Gasteiger partial charge in [0.05, 0.1) is 5.39 Å². The van der Waals surface area contributed by atoms with Gasteiger partial charge in [-0.15, -0.1) is 0 Å². The first kappa shape index (κ1) is 12.3. The molecule has 1 aromatic heterocycles. The minimum atomic E-state index is -0.512. The molecule has 2 rings (SSSR count). The van der Waals surface area contributed by atoms with Crippen molar-refractivity contribution < 1.29 is 9.66 Å². The molecule has 0 fully saturated rings. The molecule has 0 bridgehead atoms. The first-order valence-corrected chi connectivity index (χ1v) is 5.60. The fourth-order valence-electron chi connectivity index (χ4n) is 1.61. The molecule has 1 heterocycles. The molecule has 94 valence electrons. The SMILES string of the molecule is CC(C)(C)Oc1nc([N+](=O)[O-])cc2ccccc12. The van der Waals surface area contributed by atoms with Crippen LogP contribution in [0.5, 0.6) is 5.88 Å². The van der Waals surface area contributed by atoms with E-state index < -0.39 is 10.5 Å². The number of aromatic nitrogens is 1. The van der Waals surface area contributed by atoms with Crippen LogP contribution in [0.3, 0.4) is 0 Å². The van der Waals surface area contributed by atoms with Gasteiger partial charge in [-0.25, -0.2) is 0 Å². The van der Waals surface area contributed by atoms with Crippen LogP contribution in [0.1, 0.15) is 20.8 Å². The highest BCUT2D eigenvalue weighted by atomic mass is 16.6. The van der Waals surface area contributed by atoms with Crippen molar-refractivity contribution in [3.05, 3.63) is 40.4 Å². The molecule has 0 aliphatic carbocycles. The topological polar surface area (TPSA) is 65.3 Å². The first-order chi connectivity index (χ1) is 8.37. The molecule has 2 aromatic rings. The van der Waals surface area contributed by atoms with Crippen molar-refractivity contribution in [2.45, 2.75) is 26.4 Å². The van der Waals surface area contributed by atoms with Gasteiger partial charge in [-0.1, -0.05) is 18.2 Å². The van der Waals surface area contributed by atoms with Crippen LogP contribution in [0.15, 0.2) is 30.3 Å². The lowest BCUT2D eigenvalue weighted by Gasteiger charge is -2.18. The number of rotatable bonds is 2. The van der Waals surface area contributed by atoms with E-state index in [1.807, 2.05) is 39.0 Å². The van der Waals surface area contributed by atoms with E-state index in [0.29, 0.717) is 5.88 Å². The molecule has 0 amide bonds. The van der Waals surface area contributed by atoms with Gasteiger partial charge in [0, 0.05) is 11.1 Å². The van der Waals surface area contributed by atoms with Gasteiger partial charge in [0.2, 0.25) is 0 Å². The number of nitro groups is 1. The normalized spacial score (nSPS) is 11.5. The number of nitrogens with zero attached hydrogens (tertiary/aromatic N) is 2. The zero-order valence-electron chi connectivity index (χ0n) is 10.5. The van der Waals surface area contributed by atoms with Gasteiger partial charge in [0.1, 0.15) is 5.60 Å². The number of fused-ring (bicyclic) bond motifs is 1. The molecule has 0 radical (unpaired) electrons. The van der Waals surface area contributed by atoms with Crippen LogP contribution in [-0.2, 0) is 0 Å². The third kappa shape index (κ3) is 2.56. The molecule has 0 aliphatic rings. The summed E-state index contributed by atoms with van der Waals surface area (Å²) in [4.78, 5) is 14.3. The first-order valence-electron chi connectivity index (χ1n) is 5.60. The summed E-state index contributed by atoms with van der Waals surface area (Å²) in [6, 6.07) is 8.77. The molecular formula is C13H14N2O3. The van der Waals surface area contributed by atoms with Crippen LogP contribution in [0.4, 0.5) is 5.82 Å². The molecule has 5 nitrogen and oxygen atoms in total. The highest BCUT2D eigenvalue weighted by Gasteiger charge is 2.21. The molecule has 0 N–H and O–H groups in total. The molecule has 0 aliphatic heterocycles. The molecule has 5 heteroatoms. The van der Waals surface area contributed by atoms with Crippen molar-refractivity contribution >= 4 is 16.6 Å². The number of hydrogen-bond donors (Lipinski definition) is 0. The summed E-state index contributed by atoms with van der Waals surface area (Å²) in [5.74, 6) is 0.0975. The number of benzene rings is 1. The lowest BCUT2D eigenvalue weighted by molar-refractivity contribution is -0.389. The second kappa shape index (κ2) is 4.25. The van der Waals surface area contributed by atoms with E-state index >= 15 is 0 Å². The maximum Gasteiger partial charge on any atom is 0.368 e. The molecule has 0 atom stereocenters. The third-order valence-corrected chi connectivity index (χ3v) is 2.28. The van der Waals surface area contributed by atoms with Gasteiger partial charge in [0.25, 0.3) is 0 Å². The lowest BCUT2D eigenvalue weighted by Crippen LogP contribution is -2.23. The quantitative estimate of drug-likeness (QED) is 0.602.